The summed E-state index contributed by atoms with van der Waals surface area (Å²) >= 11 is 0. The van der Waals surface area contributed by atoms with E-state index in [2.05, 4.69) is 10.6 Å². The van der Waals surface area contributed by atoms with Crippen LogP contribution in [0.5, 0.6) is 0 Å². The zero-order valence-electron chi connectivity index (χ0n) is 8.48. The van der Waals surface area contributed by atoms with E-state index in [-0.39, 0.29) is 5.91 Å². The standard InChI is InChI=1S/C10H10N2O4/c1-6(13)11-7-3-2-4-8(5-7)12-9(14)10(15)16/h2-5H,1H3,(H,11,13)(H,12,14)(H,15,16). The third kappa shape index (κ3) is 3.41. The quantitative estimate of drug-likeness (QED) is 0.641. The summed E-state index contributed by atoms with van der Waals surface area (Å²) in [4.78, 5) is 31.9. The van der Waals surface area contributed by atoms with Crippen LogP contribution in [-0.2, 0) is 14.4 Å². The van der Waals surface area contributed by atoms with Gasteiger partial charge in [-0.3, -0.25) is 9.59 Å². The van der Waals surface area contributed by atoms with E-state index in [1.54, 1.807) is 12.1 Å². The Balaban J connectivity index is 2.78. The molecular weight excluding hydrogens is 212 g/mol. The van der Waals surface area contributed by atoms with Crippen LogP contribution in [0.1, 0.15) is 6.92 Å². The molecule has 6 heteroatoms. The van der Waals surface area contributed by atoms with E-state index in [9.17, 15) is 14.4 Å². The van der Waals surface area contributed by atoms with E-state index >= 15 is 0 Å². The maximum Gasteiger partial charge on any atom is 0.394 e. The van der Waals surface area contributed by atoms with Gasteiger partial charge in [-0.15, -0.1) is 0 Å². The molecule has 2 amide bonds. The van der Waals surface area contributed by atoms with Crippen molar-refractivity contribution >= 4 is 29.2 Å². The normalized spacial score (nSPS) is 9.31. The van der Waals surface area contributed by atoms with Crippen LogP contribution in [0.4, 0.5) is 11.4 Å². The predicted molar refractivity (Wildman–Crippen MR) is 57.0 cm³/mol. The molecule has 0 atom stereocenters. The Morgan fingerprint density at radius 3 is 2.19 bits per heavy atom. The van der Waals surface area contributed by atoms with Crippen LogP contribution in [0.15, 0.2) is 24.3 Å². The average Bonchev–Trinajstić information content (AvgIpc) is 2.16. The van der Waals surface area contributed by atoms with Crippen LogP contribution >= 0.6 is 0 Å². The van der Waals surface area contributed by atoms with Gasteiger partial charge in [-0.25, -0.2) is 4.79 Å². The molecule has 0 unspecified atom stereocenters. The van der Waals surface area contributed by atoms with Gasteiger partial charge in [0.25, 0.3) is 0 Å². The average molecular weight is 222 g/mol. The lowest BCUT2D eigenvalue weighted by molar-refractivity contribution is -0.147. The number of carboxylic acid groups (broad SMARTS) is 1. The Bertz CT molecular complexity index is 442. The molecule has 0 aliphatic heterocycles. The first kappa shape index (κ1) is 11.7. The first-order valence-corrected chi connectivity index (χ1v) is 4.41. The predicted octanol–water partition coefficient (Wildman–Crippen LogP) is 0.668. The van der Waals surface area contributed by atoms with Crippen LogP contribution in [0.3, 0.4) is 0 Å². The number of hydrogen-bond acceptors (Lipinski definition) is 3. The minimum atomic E-state index is -1.56. The van der Waals surface area contributed by atoms with Gasteiger partial charge in [-0.05, 0) is 18.2 Å². The molecule has 0 spiro atoms. The van der Waals surface area contributed by atoms with Gasteiger partial charge in [0, 0.05) is 18.3 Å². The van der Waals surface area contributed by atoms with Gasteiger partial charge < -0.3 is 15.7 Å². The molecule has 0 radical (unpaired) electrons. The van der Waals surface area contributed by atoms with Crippen molar-refractivity contribution in [2.45, 2.75) is 6.92 Å². The molecule has 1 aromatic rings. The second-order valence-corrected chi connectivity index (χ2v) is 3.02. The topological polar surface area (TPSA) is 95.5 Å². The van der Waals surface area contributed by atoms with Gasteiger partial charge in [0.2, 0.25) is 5.91 Å². The molecule has 0 saturated heterocycles. The van der Waals surface area contributed by atoms with Crippen LogP contribution in [0.25, 0.3) is 0 Å². The van der Waals surface area contributed by atoms with Crippen LogP contribution in [-0.4, -0.2) is 22.9 Å². The second-order valence-electron chi connectivity index (χ2n) is 3.02. The van der Waals surface area contributed by atoms with E-state index in [0.717, 1.165) is 0 Å². The smallest absolute Gasteiger partial charge is 0.394 e. The Hall–Kier alpha value is -2.37. The molecule has 0 aliphatic rings. The van der Waals surface area contributed by atoms with Crippen molar-refractivity contribution in [3.8, 4) is 0 Å². The Kier molecular flexibility index (Phi) is 3.60. The summed E-state index contributed by atoms with van der Waals surface area (Å²) in [5.74, 6) is -2.94. The Morgan fingerprint density at radius 1 is 1.12 bits per heavy atom. The molecule has 1 aromatic carbocycles. The minimum Gasteiger partial charge on any atom is -0.474 e. The number of anilines is 2. The third-order valence-electron chi connectivity index (χ3n) is 1.64. The number of carbonyl (C=O) groups is 3. The van der Waals surface area contributed by atoms with E-state index in [1.807, 2.05) is 0 Å². The number of aliphatic carboxylic acids is 1. The van der Waals surface area contributed by atoms with Gasteiger partial charge in [0.1, 0.15) is 0 Å². The zero-order chi connectivity index (χ0) is 12.1. The van der Waals surface area contributed by atoms with Crippen molar-refractivity contribution in [2.75, 3.05) is 10.6 Å². The number of rotatable bonds is 2. The summed E-state index contributed by atoms with van der Waals surface area (Å²) in [6.45, 7) is 1.35. The van der Waals surface area contributed by atoms with Gasteiger partial charge in [-0.1, -0.05) is 6.07 Å². The minimum absolute atomic E-state index is 0.248. The Labute approximate surface area is 91.3 Å². The van der Waals surface area contributed by atoms with Crippen LogP contribution < -0.4 is 10.6 Å². The van der Waals surface area contributed by atoms with Gasteiger partial charge in [-0.2, -0.15) is 0 Å². The van der Waals surface area contributed by atoms with Crippen LogP contribution in [0, 0.1) is 0 Å². The highest BCUT2D eigenvalue weighted by Gasteiger charge is 2.10. The second kappa shape index (κ2) is 4.92. The molecule has 84 valence electrons. The molecule has 16 heavy (non-hydrogen) atoms. The van der Waals surface area contributed by atoms with Crippen molar-refractivity contribution in [1.82, 2.24) is 0 Å². The zero-order valence-corrected chi connectivity index (χ0v) is 8.48. The van der Waals surface area contributed by atoms with Crippen LogP contribution in [0.2, 0.25) is 0 Å². The van der Waals surface area contributed by atoms with Gasteiger partial charge in [0.15, 0.2) is 0 Å². The van der Waals surface area contributed by atoms with Gasteiger partial charge in [0.05, 0.1) is 0 Å². The molecule has 0 aromatic heterocycles. The van der Waals surface area contributed by atoms with Crippen molar-refractivity contribution < 1.29 is 19.5 Å². The number of amides is 2. The summed E-state index contributed by atoms with van der Waals surface area (Å²) in [7, 11) is 0. The Morgan fingerprint density at radius 2 is 1.69 bits per heavy atom. The monoisotopic (exact) mass is 222 g/mol. The third-order valence-corrected chi connectivity index (χ3v) is 1.64. The lowest BCUT2D eigenvalue weighted by Crippen LogP contribution is -2.21. The van der Waals surface area contributed by atoms with Crippen molar-refractivity contribution in [3.63, 3.8) is 0 Å². The summed E-state index contributed by atoms with van der Waals surface area (Å²) in [6.07, 6.45) is 0. The fourth-order valence-electron chi connectivity index (χ4n) is 1.06. The number of benzene rings is 1. The van der Waals surface area contributed by atoms with E-state index in [4.69, 9.17) is 5.11 Å². The highest BCUT2D eigenvalue weighted by molar-refractivity contribution is 6.36. The fraction of sp³-hybridized carbons (Fsp3) is 0.100. The fourth-order valence-corrected chi connectivity index (χ4v) is 1.06. The number of hydrogen-bond donors (Lipinski definition) is 3. The first-order valence-electron chi connectivity index (χ1n) is 4.41. The lowest BCUT2D eigenvalue weighted by atomic mass is 10.2. The molecule has 0 heterocycles. The summed E-state index contributed by atoms with van der Waals surface area (Å²) in [5, 5.41) is 13.1. The molecule has 0 aliphatic carbocycles. The summed E-state index contributed by atoms with van der Waals surface area (Å²) in [6, 6.07) is 6.19. The summed E-state index contributed by atoms with van der Waals surface area (Å²) in [5.41, 5.74) is 0.786. The first-order chi connectivity index (χ1) is 7.49. The van der Waals surface area contributed by atoms with Crippen molar-refractivity contribution in [3.05, 3.63) is 24.3 Å². The lowest BCUT2D eigenvalue weighted by Gasteiger charge is -2.05. The maximum absolute atomic E-state index is 10.8. The highest BCUT2D eigenvalue weighted by atomic mass is 16.4. The van der Waals surface area contributed by atoms with Crippen molar-refractivity contribution in [1.29, 1.82) is 0 Å². The molecule has 0 saturated carbocycles. The SMILES string of the molecule is CC(=O)Nc1cccc(NC(=O)C(=O)O)c1. The number of carbonyl (C=O) groups excluding carboxylic acids is 2. The molecule has 1 rings (SSSR count). The van der Waals surface area contributed by atoms with E-state index in [0.29, 0.717) is 11.4 Å². The molecule has 6 nitrogen and oxygen atoms in total. The van der Waals surface area contributed by atoms with E-state index < -0.39 is 11.9 Å². The summed E-state index contributed by atoms with van der Waals surface area (Å²) < 4.78 is 0. The number of carboxylic acids is 1. The molecule has 0 bridgehead atoms. The van der Waals surface area contributed by atoms with Crippen molar-refractivity contribution in [2.24, 2.45) is 0 Å². The molecule has 3 N–H and O–H groups in total. The largest absolute Gasteiger partial charge is 0.474 e. The maximum atomic E-state index is 10.8. The number of nitrogens with one attached hydrogen (secondary N) is 2. The van der Waals surface area contributed by atoms with E-state index in [1.165, 1.54) is 19.1 Å². The molecular formula is C10H10N2O4. The highest BCUT2D eigenvalue weighted by Crippen LogP contribution is 2.14. The van der Waals surface area contributed by atoms with Gasteiger partial charge >= 0.3 is 11.9 Å². The molecule has 0 fully saturated rings.